The van der Waals surface area contributed by atoms with Gasteiger partial charge in [0.1, 0.15) is 12.6 Å². The van der Waals surface area contributed by atoms with Crippen LogP contribution in [0.2, 0.25) is 0 Å². The molecule has 3 aliphatic rings. The number of carbonyl (C=O) groups excluding carboxylic acids is 4. The number of carbonyl (C=O) groups is 4. The molecule has 8 nitrogen and oxygen atoms in total. The van der Waals surface area contributed by atoms with E-state index in [0.29, 0.717) is 24.3 Å². The molecule has 1 aromatic carbocycles. The summed E-state index contributed by atoms with van der Waals surface area (Å²) in [6, 6.07) is 4.10. The number of benzene rings is 1. The second kappa shape index (κ2) is 6.52. The predicted molar refractivity (Wildman–Crippen MR) is 93.9 cm³/mol. The SMILES string of the molecule is C#CCOC1CN(c2cccc3c2C(=O)N(C2CCC(=O)NC2=O)C3=O)C1. The van der Waals surface area contributed by atoms with E-state index in [9.17, 15) is 19.2 Å². The quantitative estimate of drug-likeness (QED) is 0.591. The van der Waals surface area contributed by atoms with E-state index in [-0.39, 0.29) is 31.1 Å². The number of nitrogens with zero attached hydrogens (tertiary/aromatic N) is 2. The molecule has 1 N–H and O–H groups in total. The first kappa shape index (κ1) is 17.2. The van der Waals surface area contributed by atoms with Crippen molar-refractivity contribution in [3.8, 4) is 12.3 Å². The Morgan fingerprint density at radius 1 is 1.19 bits per heavy atom. The summed E-state index contributed by atoms with van der Waals surface area (Å²) in [5, 5.41) is 2.19. The molecule has 4 rings (SSSR count). The normalized spacial score (nSPS) is 22.4. The zero-order valence-corrected chi connectivity index (χ0v) is 14.4. The van der Waals surface area contributed by atoms with Gasteiger partial charge in [0.25, 0.3) is 11.8 Å². The van der Waals surface area contributed by atoms with E-state index in [1.807, 2.05) is 4.90 Å². The second-order valence-electron chi connectivity index (χ2n) is 6.69. The number of anilines is 1. The predicted octanol–water partition coefficient (Wildman–Crippen LogP) is -0.0738. The smallest absolute Gasteiger partial charge is 0.264 e. The molecule has 0 aliphatic carbocycles. The average molecular weight is 367 g/mol. The number of ether oxygens (including phenoxy) is 1. The third-order valence-corrected chi connectivity index (χ3v) is 5.04. The van der Waals surface area contributed by atoms with Gasteiger partial charge in [-0.1, -0.05) is 12.0 Å². The Kier molecular flexibility index (Phi) is 4.16. The van der Waals surface area contributed by atoms with Crippen LogP contribution in [0.25, 0.3) is 0 Å². The molecule has 0 radical (unpaired) electrons. The lowest BCUT2D eigenvalue weighted by Crippen LogP contribution is -2.54. The first-order valence-corrected chi connectivity index (χ1v) is 8.66. The number of fused-ring (bicyclic) bond motifs is 1. The summed E-state index contributed by atoms with van der Waals surface area (Å²) in [4.78, 5) is 52.2. The number of hydrogen-bond acceptors (Lipinski definition) is 6. The zero-order chi connectivity index (χ0) is 19.1. The van der Waals surface area contributed by atoms with Crippen molar-refractivity contribution >= 4 is 29.3 Å². The molecule has 1 atom stereocenters. The van der Waals surface area contributed by atoms with E-state index < -0.39 is 29.7 Å². The third-order valence-electron chi connectivity index (χ3n) is 5.04. The third kappa shape index (κ3) is 2.76. The fraction of sp³-hybridized carbons (Fsp3) is 0.368. The number of nitrogens with one attached hydrogen (secondary N) is 1. The van der Waals surface area contributed by atoms with Crippen molar-refractivity contribution in [2.24, 2.45) is 0 Å². The molecule has 2 fully saturated rings. The molecule has 2 saturated heterocycles. The lowest BCUT2D eigenvalue weighted by molar-refractivity contribution is -0.136. The van der Waals surface area contributed by atoms with Gasteiger partial charge in [-0.2, -0.15) is 0 Å². The maximum atomic E-state index is 13.0. The van der Waals surface area contributed by atoms with Crippen LogP contribution in [0, 0.1) is 12.3 Å². The summed E-state index contributed by atoms with van der Waals surface area (Å²) < 4.78 is 5.46. The molecule has 1 aromatic rings. The Morgan fingerprint density at radius 3 is 2.67 bits per heavy atom. The molecule has 3 aliphatic heterocycles. The number of amides is 4. The number of imide groups is 2. The number of piperidine rings is 1. The summed E-state index contributed by atoms with van der Waals surface area (Å²) >= 11 is 0. The zero-order valence-electron chi connectivity index (χ0n) is 14.4. The lowest BCUT2D eigenvalue weighted by atomic mass is 10.0. The maximum Gasteiger partial charge on any atom is 0.264 e. The van der Waals surface area contributed by atoms with Gasteiger partial charge in [-0.15, -0.1) is 6.42 Å². The van der Waals surface area contributed by atoms with Crippen LogP contribution in [-0.2, 0) is 14.3 Å². The van der Waals surface area contributed by atoms with Gasteiger partial charge < -0.3 is 9.64 Å². The lowest BCUT2D eigenvalue weighted by Gasteiger charge is -2.41. The van der Waals surface area contributed by atoms with Crippen LogP contribution in [0.1, 0.15) is 33.6 Å². The van der Waals surface area contributed by atoms with Gasteiger partial charge in [-0.25, -0.2) is 0 Å². The Morgan fingerprint density at radius 2 is 1.96 bits per heavy atom. The van der Waals surface area contributed by atoms with Crippen LogP contribution in [0.15, 0.2) is 18.2 Å². The minimum Gasteiger partial charge on any atom is -0.366 e. The van der Waals surface area contributed by atoms with Crippen molar-refractivity contribution < 1.29 is 23.9 Å². The molecule has 0 bridgehead atoms. The van der Waals surface area contributed by atoms with Crippen LogP contribution < -0.4 is 10.2 Å². The monoisotopic (exact) mass is 367 g/mol. The van der Waals surface area contributed by atoms with Crippen LogP contribution in [0.3, 0.4) is 0 Å². The molecule has 27 heavy (non-hydrogen) atoms. The van der Waals surface area contributed by atoms with E-state index in [4.69, 9.17) is 11.2 Å². The standard InChI is InChI=1S/C19H17N3O5/c1-2-8-27-11-9-21(10-11)13-5-3-4-12-16(13)19(26)22(18(12)25)14-6-7-15(23)20-17(14)24/h1,3-5,11,14H,6-10H2,(H,20,23,24). The maximum absolute atomic E-state index is 13.0. The van der Waals surface area contributed by atoms with E-state index in [2.05, 4.69) is 11.2 Å². The summed E-state index contributed by atoms with van der Waals surface area (Å²) in [7, 11) is 0. The van der Waals surface area contributed by atoms with Gasteiger partial charge in [-0.3, -0.25) is 29.4 Å². The minimum absolute atomic E-state index is 0.0182. The number of hydrogen-bond donors (Lipinski definition) is 1. The van der Waals surface area contributed by atoms with Gasteiger partial charge in [0.05, 0.1) is 22.9 Å². The molecule has 0 saturated carbocycles. The summed E-state index contributed by atoms with van der Waals surface area (Å²) in [6.45, 7) is 1.36. The van der Waals surface area contributed by atoms with Crippen molar-refractivity contribution in [2.45, 2.75) is 25.0 Å². The van der Waals surface area contributed by atoms with Crippen LogP contribution in [-0.4, -0.2) is 60.4 Å². The average Bonchev–Trinajstić information content (AvgIpc) is 2.86. The van der Waals surface area contributed by atoms with Gasteiger partial charge >= 0.3 is 0 Å². The highest BCUT2D eigenvalue weighted by atomic mass is 16.5. The Labute approximate surface area is 155 Å². The molecule has 1 unspecified atom stereocenters. The summed E-state index contributed by atoms with van der Waals surface area (Å²) in [5.41, 5.74) is 1.21. The highest BCUT2D eigenvalue weighted by Crippen LogP contribution is 2.36. The Hall–Kier alpha value is -3.18. The minimum atomic E-state index is -0.967. The van der Waals surface area contributed by atoms with Crippen molar-refractivity contribution in [1.29, 1.82) is 0 Å². The van der Waals surface area contributed by atoms with Crippen molar-refractivity contribution in [3.05, 3.63) is 29.3 Å². The molecule has 3 heterocycles. The fourth-order valence-electron chi connectivity index (χ4n) is 3.67. The first-order chi connectivity index (χ1) is 13.0. The molecule has 138 valence electrons. The van der Waals surface area contributed by atoms with E-state index in [0.717, 1.165) is 4.90 Å². The molecule has 0 aromatic heterocycles. The van der Waals surface area contributed by atoms with Crippen LogP contribution in [0.5, 0.6) is 0 Å². The van der Waals surface area contributed by atoms with Gasteiger partial charge in [-0.05, 0) is 18.6 Å². The number of terminal acetylenes is 1. The van der Waals surface area contributed by atoms with Crippen LogP contribution >= 0.6 is 0 Å². The van der Waals surface area contributed by atoms with Gasteiger partial charge in [0.15, 0.2) is 0 Å². The largest absolute Gasteiger partial charge is 0.366 e. The van der Waals surface area contributed by atoms with Crippen molar-refractivity contribution in [1.82, 2.24) is 10.2 Å². The van der Waals surface area contributed by atoms with Crippen LogP contribution in [0.4, 0.5) is 5.69 Å². The molecular weight excluding hydrogens is 350 g/mol. The molecule has 0 spiro atoms. The van der Waals surface area contributed by atoms with E-state index in [1.54, 1.807) is 18.2 Å². The van der Waals surface area contributed by atoms with E-state index in [1.165, 1.54) is 0 Å². The highest BCUT2D eigenvalue weighted by Gasteiger charge is 2.46. The van der Waals surface area contributed by atoms with Gasteiger partial charge in [0, 0.05) is 19.5 Å². The van der Waals surface area contributed by atoms with E-state index >= 15 is 0 Å². The summed E-state index contributed by atoms with van der Waals surface area (Å²) in [5.74, 6) is 0.391. The van der Waals surface area contributed by atoms with Crippen molar-refractivity contribution in [3.63, 3.8) is 0 Å². The number of rotatable bonds is 4. The van der Waals surface area contributed by atoms with Crippen molar-refractivity contribution in [2.75, 3.05) is 24.6 Å². The first-order valence-electron chi connectivity index (χ1n) is 8.66. The second-order valence-corrected chi connectivity index (χ2v) is 6.69. The molecule has 4 amide bonds. The van der Waals surface area contributed by atoms with Gasteiger partial charge in [0.2, 0.25) is 11.8 Å². The molecule has 8 heteroatoms. The Bertz CT molecular complexity index is 897. The fourth-order valence-corrected chi connectivity index (χ4v) is 3.67. The summed E-state index contributed by atoms with van der Waals surface area (Å²) in [6.07, 6.45) is 5.40. The molecular formula is C19H17N3O5. The highest BCUT2D eigenvalue weighted by molar-refractivity contribution is 6.25. The Balaban J connectivity index is 1.58. The topological polar surface area (TPSA) is 96.0 Å².